The Morgan fingerprint density at radius 2 is 1.92 bits per heavy atom. The summed E-state index contributed by atoms with van der Waals surface area (Å²) >= 11 is 3.44. The zero-order valence-corrected chi connectivity index (χ0v) is 16.2. The van der Waals surface area contributed by atoms with E-state index in [2.05, 4.69) is 38.6 Å². The van der Waals surface area contributed by atoms with Gasteiger partial charge in [0.25, 0.3) is 0 Å². The summed E-state index contributed by atoms with van der Waals surface area (Å²) in [5.74, 6) is 1.50. The molecule has 0 aliphatic carbocycles. The van der Waals surface area contributed by atoms with Crippen molar-refractivity contribution in [2.45, 2.75) is 25.9 Å². The van der Waals surface area contributed by atoms with Crippen molar-refractivity contribution in [1.82, 2.24) is 10.3 Å². The fourth-order valence-electron chi connectivity index (χ4n) is 2.66. The van der Waals surface area contributed by atoms with Gasteiger partial charge in [0.15, 0.2) is 11.5 Å². The number of rotatable bonds is 8. The van der Waals surface area contributed by atoms with Crippen LogP contribution in [-0.4, -0.2) is 19.2 Å². The minimum absolute atomic E-state index is 0.196. The predicted molar refractivity (Wildman–Crippen MR) is 104 cm³/mol. The lowest BCUT2D eigenvalue weighted by molar-refractivity contribution is 0.354. The summed E-state index contributed by atoms with van der Waals surface area (Å²) in [5.41, 5.74) is 3.56. The van der Waals surface area contributed by atoms with Crippen LogP contribution in [0.2, 0.25) is 0 Å². The molecular formula is C19H22N2O2S2. The van der Waals surface area contributed by atoms with E-state index in [-0.39, 0.29) is 6.04 Å². The van der Waals surface area contributed by atoms with Gasteiger partial charge < -0.3 is 14.8 Å². The number of nitrogens with zero attached hydrogens (tertiary/aromatic N) is 1. The van der Waals surface area contributed by atoms with Crippen LogP contribution in [0.4, 0.5) is 0 Å². The lowest BCUT2D eigenvalue weighted by Crippen LogP contribution is -2.22. The molecule has 3 rings (SSSR count). The summed E-state index contributed by atoms with van der Waals surface area (Å²) in [5, 5.41) is 11.2. The van der Waals surface area contributed by atoms with Gasteiger partial charge in [-0.25, -0.2) is 4.98 Å². The lowest BCUT2D eigenvalue weighted by Gasteiger charge is -2.17. The maximum absolute atomic E-state index is 5.40. The number of aromatic nitrogens is 1. The van der Waals surface area contributed by atoms with Crippen LogP contribution in [0.3, 0.4) is 0 Å². The topological polar surface area (TPSA) is 43.4 Å². The third-order valence-electron chi connectivity index (χ3n) is 3.96. The average Bonchev–Trinajstić information content (AvgIpc) is 3.29. The first-order valence-electron chi connectivity index (χ1n) is 8.07. The highest BCUT2D eigenvalue weighted by Crippen LogP contribution is 2.28. The van der Waals surface area contributed by atoms with Crippen molar-refractivity contribution >= 4 is 22.7 Å². The maximum Gasteiger partial charge on any atom is 0.161 e. The molecule has 0 saturated heterocycles. The molecule has 0 unspecified atom stereocenters. The smallest absolute Gasteiger partial charge is 0.161 e. The Morgan fingerprint density at radius 1 is 1.08 bits per heavy atom. The first-order chi connectivity index (χ1) is 12.2. The number of ether oxygens (including phenoxy) is 2. The molecule has 1 atom stereocenters. The number of hydrogen-bond acceptors (Lipinski definition) is 6. The molecule has 3 aromatic rings. The van der Waals surface area contributed by atoms with E-state index in [0.717, 1.165) is 40.7 Å². The first-order valence-corrected chi connectivity index (χ1v) is 9.89. The van der Waals surface area contributed by atoms with Crippen LogP contribution >= 0.6 is 22.7 Å². The fourth-order valence-corrected chi connectivity index (χ4v) is 4.21. The van der Waals surface area contributed by atoms with Gasteiger partial charge in [-0.1, -0.05) is 6.07 Å². The van der Waals surface area contributed by atoms with Crippen LogP contribution in [0.25, 0.3) is 0 Å². The van der Waals surface area contributed by atoms with Gasteiger partial charge in [0.05, 0.1) is 20.3 Å². The summed E-state index contributed by atoms with van der Waals surface area (Å²) in [4.78, 5) is 4.68. The fraction of sp³-hybridized carbons (Fsp3) is 0.316. The number of thiophene rings is 1. The van der Waals surface area contributed by atoms with Crippen LogP contribution in [0.15, 0.2) is 40.4 Å². The molecular weight excluding hydrogens is 352 g/mol. The van der Waals surface area contributed by atoms with E-state index in [1.54, 1.807) is 36.9 Å². The Balaban J connectivity index is 1.74. The van der Waals surface area contributed by atoms with Crippen LogP contribution < -0.4 is 14.8 Å². The van der Waals surface area contributed by atoms with Crippen molar-refractivity contribution in [2.75, 3.05) is 14.2 Å². The van der Waals surface area contributed by atoms with Crippen molar-refractivity contribution in [3.8, 4) is 11.5 Å². The second-order valence-electron chi connectivity index (χ2n) is 5.79. The standard InChI is InChI=1S/C19H22N2O2S2/c1-13-11-25-19(21-13)16(8-15-6-7-24-12-15)20-10-14-4-5-17(22-2)18(9-14)23-3/h4-7,9,11-12,16,20H,8,10H2,1-3H3/t16-/m0/s1. The van der Waals surface area contributed by atoms with E-state index in [9.17, 15) is 0 Å². The van der Waals surface area contributed by atoms with Gasteiger partial charge in [-0.05, 0) is 53.4 Å². The summed E-state index contributed by atoms with van der Waals surface area (Å²) in [6.45, 7) is 2.78. The number of aryl methyl sites for hydroxylation is 1. The summed E-state index contributed by atoms with van der Waals surface area (Å²) in [6, 6.07) is 8.39. The minimum atomic E-state index is 0.196. The van der Waals surface area contributed by atoms with Crippen molar-refractivity contribution in [1.29, 1.82) is 0 Å². The molecule has 0 radical (unpaired) electrons. The molecule has 0 amide bonds. The van der Waals surface area contributed by atoms with Gasteiger partial charge in [0.1, 0.15) is 5.01 Å². The Bertz CT molecular complexity index is 800. The van der Waals surface area contributed by atoms with Crippen LogP contribution in [-0.2, 0) is 13.0 Å². The Labute approximate surface area is 156 Å². The van der Waals surface area contributed by atoms with Crippen LogP contribution in [0.1, 0.15) is 27.9 Å². The largest absolute Gasteiger partial charge is 0.493 e. The number of hydrogen-bond donors (Lipinski definition) is 1. The predicted octanol–water partition coefficient (Wildman–Crippen LogP) is 4.60. The quantitative estimate of drug-likeness (QED) is 0.626. The van der Waals surface area contributed by atoms with Gasteiger partial charge in [-0.15, -0.1) is 11.3 Å². The number of benzene rings is 1. The molecule has 25 heavy (non-hydrogen) atoms. The lowest BCUT2D eigenvalue weighted by atomic mass is 10.1. The van der Waals surface area contributed by atoms with E-state index < -0.39 is 0 Å². The van der Waals surface area contributed by atoms with Gasteiger partial charge >= 0.3 is 0 Å². The highest BCUT2D eigenvalue weighted by Gasteiger charge is 2.16. The second-order valence-corrected chi connectivity index (χ2v) is 7.46. The van der Waals surface area contributed by atoms with E-state index in [4.69, 9.17) is 9.47 Å². The van der Waals surface area contributed by atoms with E-state index >= 15 is 0 Å². The Kier molecular flexibility index (Phi) is 6.07. The average molecular weight is 375 g/mol. The SMILES string of the molecule is COc1ccc(CN[C@@H](Cc2ccsc2)c2nc(C)cs2)cc1OC. The highest BCUT2D eigenvalue weighted by atomic mass is 32.1. The molecule has 132 valence electrons. The first kappa shape index (κ1) is 17.9. The molecule has 6 heteroatoms. The van der Waals surface area contributed by atoms with E-state index in [0.29, 0.717) is 0 Å². The zero-order valence-electron chi connectivity index (χ0n) is 14.6. The molecule has 2 heterocycles. The molecule has 2 aromatic heterocycles. The molecule has 0 aliphatic heterocycles. The van der Waals surface area contributed by atoms with Crippen molar-refractivity contribution < 1.29 is 9.47 Å². The number of methoxy groups -OCH3 is 2. The summed E-state index contributed by atoms with van der Waals surface area (Å²) in [6.07, 6.45) is 0.934. The second kappa shape index (κ2) is 8.47. The molecule has 1 N–H and O–H groups in total. The third kappa shape index (κ3) is 4.60. The molecule has 4 nitrogen and oxygen atoms in total. The van der Waals surface area contributed by atoms with Gasteiger partial charge in [-0.2, -0.15) is 11.3 Å². The zero-order chi connectivity index (χ0) is 17.6. The van der Waals surface area contributed by atoms with E-state index in [1.807, 2.05) is 19.1 Å². The third-order valence-corrected chi connectivity index (χ3v) is 5.76. The van der Waals surface area contributed by atoms with Crippen molar-refractivity contribution in [2.24, 2.45) is 0 Å². The van der Waals surface area contributed by atoms with Gasteiger partial charge in [-0.3, -0.25) is 0 Å². The molecule has 1 aromatic carbocycles. The molecule has 0 saturated carbocycles. The van der Waals surface area contributed by atoms with Crippen LogP contribution in [0.5, 0.6) is 11.5 Å². The molecule has 0 bridgehead atoms. The maximum atomic E-state index is 5.40. The summed E-state index contributed by atoms with van der Waals surface area (Å²) < 4.78 is 10.7. The highest BCUT2D eigenvalue weighted by molar-refractivity contribution is 7.09. The van der Waals surface area contributed by atoms with Gasteiger partial charge in [0, 0.05) is 17.6 Å². The Morgan fingerprint density at radius 3 is 2.56 bits per heavy atom. The van der Waals surface area contributed by atoms with Crippen molar-refractivity contribution in [3.05, 3.63) is 62.2 Å². The van der Waals surface area contributed by atoms with E-state index in [1.165, 1.54) is 5.56 Å². The molecule has 0 spiro atoms. The normalized spacial score (nSPS) is 12.1. The molecule has 0 fully saturated rings. The molecule has 0 aliphatic rings. The summed E-state index contributed by atoms with van der Waals surface area (Å²) in [7, 11) is 3.31. The number of nitrogens with one attached hydrogen (secondary N) is 1. The van der Waals surface area contributed by atoms with Crippen LogP contribution in [0, 0.1) is 6.92 Å². The van der Waals surface area contributed by atoms with Crippen molar-refractivity contribution in [3.63, 3.8) is 0 Å². The minimum Gasteiger partial charge on any atom is -0.493 e. The number of thiazole rings is 1. The Hall–Kier alpha value is -1.89. The monoisotopic (exact) mass is 374 g/mol. The van der Waals surface area contributed by atoms with Gasteiger partial charge in [0.2, 0.25) is 0 Å².